The minimum atomic E-state index is -0.0124. The van der Waals surface area contributed by atoms with Crippen molar-refractivity contribution in [3.8, 4) is 0 Å². The molecular weight excluding hydrogens is 138 g/mol. The number of hydrogen-bond donors (Lipinski definition) is 1. The second-order valence-corrected chi connectivity index (χ2v) is 2.86. The number of rotatable bonds is 2. The highest BCUT2D eigenvalue weighted by Gasteiger charge is 2.13. The van der Waals surface area contributed by atoms with Crippen molar-refractivity contribution in [3.63, 3.8) is 0 Å². The molecule has 1 atom stereocenters. The molecule has 1 heterocycles. The van der Waals surface area contributed by atoms with Crippen molar-refractivity contribution in [2.75, 3.05) is 0 Å². The van der Waals surface area contributed by atoms with E-state index < -0.39 is 0 Å². The van der Waals surface area contributed by atoms with Gasteiger partial charge in [-0.25, -0.2) is 0 Å². The molecule has 11 heavy (non-hydrogen) atoms. The first kappa shape index (κ1) is 8.05. The predicted octanol–water partition coefficient (Wildman–Crippen LogP) is 1.40. The van der Waals surface area contributed by atoms with Crippen molar-refractivity contribution >= 4 is 5.78 Å². The second-order valence-electron chi connectivity index (χ2n) is 2.86. The topological polar surface area (TPSA) is 29.1 Å². The highest BCUT2D eigenvalue weighted by Crippen LogP contribution is 2.14. The largest absolute Gasteiger partial charge is 0.386 e. The van der Waals surface area contributed by atoms with Gasteiger partial charge in [-0.2, -0.15) is 0 Å². The summed E-state index contributed by atoms with van der Waals surface area (Å²) in [6.45, 7) is 5.51. The van der Waals surface area contributed by atoms with Crippen molar-refractivity contribution in [3.05, 3.63) is 24.4 Å². The van der Waals surface area contributed by atoms with Gasteiger partial charge in [-0.05, 0) is 25.8 Å². The standard InChI is InChI=1S/C9H13NO/c1-3-9(11)6-8-5-4-7(2)10-8/h3,6-7,10H,1,4-5H2,2H3/b8-6-/t7-/m0/s1. The molecule has 2 nitrogen and oxygen atoms in total. The van der Waals surface area contributed by atoms with Gasteiger partial charge in [-0.3, -0.25) is 4.79 Å². The van der Waals surface area contributed by atoms with Gasteiger partial charge in [0.05, 0.1) is 0 Å². The molecule has 1 saturated heterocycles. The summed E-state index contributed by atoms with van der Waals surface area (Å²) in [5.74, 6) is -0.0124. The number of ketones is 1. The summed E-state index contributed by atoms with van der Waals surface area (Å²) in [5.41, 5.74) is 1.04. The monoisotopic (exact) mass is 151 g/mol. The normalized spacial score (nSPS) is 26.6. The van der Waals surface area contributed by atoms with Gasteiger partial charge in [-0.15, -0.1) is 0 Å². The molecule has 0 unspecified atom stereocenters. The quantitative estimate of drug-likeness (QED) is 0.604. The van der Waals surface area contributed by atoms with Gasteiger partial charge in [0.1, 0.15) is 0 Å². The third kappa shape index (κ3) is 2.22. The van der Waals surface area contributed by atoms with Gasteiger partial charge < -0.3 is 5.32 Å². The third-order valence-electron chi connectivity index (χ3n) is 1.80. The first-order valence-electron chi connectivity index (χ1n) is 3.86. The Morgan fingerprint density at radius 3 is 3.00 bits per heavy atom. The zero-order valence-electron chi connectivity index (χ0n) is 6.76. The van der Waals surface area contributed by atoms with Gasteiger partial charge in [0.2, 0.25) is 0 Å². The highest BCUT2D eigenvalue weighted by molar-refractivity contribution is 5.99. The number of allylic oxidation sites excluding steroid dienone is 3. The summed E-state index contributed by atoms with van der Waals surface area (Å²) in [4.78, 5) is 10.8. The molecule has 0 amide bonds. The van der Waals surface area contributed by atoms with Crippen LogP contribution < -0.4 is 5.32 Å². The third-order valence-corrected chi connectivity index (χ3v) is 1.80. The fraction of sp³-hybridized carbons (Fsp3) is 0.444. The van der Waals surface area contributed by atoms with Crippen molar-refractivity contribution < 1.29 is 4.79 Å². The molecule has 1 rings (SSSR count). The number of carbonyl (C=O) groups is 1. The van der Waals surface area contributed by atoms with Crippen LogP contribution in [0.4, 0.5) is 0 Å². The molecule has 0 bridgehead atoms. The molecule has 0 aliphatic carbocycles. The Bertz CT molecular complexity index is 206. The fourth-order valence-corrected chi connectivity index (χ4v) is 1.18. The van der Waals surface area contributed by atoms with Gasteiger partial charge in [0, 0.05) is 17.8 Å². The van der Waals surface area contributed by atoms with Crippen molar-refractivity contribution in [2.24, 2.45) is 0 Å². The van der Waals surface area contributed by atoms with E-state index in [2.05, 4.69) is 18.8 Å². The van der Waals surface area contributed by atoms with Crippen LogP contribution in [0.3, 0.4) is 0 Å². The molecular formula is C9H13NO. The van der Waals surface area contributed by atoms with Crippen molar-refractivity contribution in [1.82, 2.24) is 5.32 Å². The van der Waals surface area contributed by atoms with E-state index in [4.69, 9.17) is 0 Å². The van der Waals surface area contributed by atoms with E-state index in [0.717, 1.165) is 18.5 Å². The lowest BCUT2D eigenvalue weighted by Gasteiger charge is -2.01. The summed E-state index contributed by atoms with van der Waals surface area (Å²) >= 11 is 0. The van der Waals surface area contributed by atoms with E-state index >= 15 is 0 Å². The van der Waals surface area contributed by atoms with E-state index in [-0.39, 0.29) is 5.78 Å². The minimum absolute atomic E-state index is 0.0124. The summed E-state index contributed by atoms with van der Waals surface area (Å²) in [6.07, 6.45) is 5.06. The van der Waals surface area contributed by atoms with Gasteiger partial charge in [0.25, 0.3) is 0 Å². The smallest absolute Gasteiger partial charge is 0.179 e. The maximum atomic E-state index is 10.8. The van der Waals surface area contributed by atoms with Gasteiger partial charge in [0.15, 0.2) is 5.78 Å². The van der Waals surface area contributed by atoms with Crippen molar-refractivity contribution in [1.29, 1.82) is 0 Å². The maximum absolute atomic E-state index is 10.8. The van der Waals surface area contributed by atoms with Crippen LogP contribution >= 0.6 is 0 Å². The zero-order valence-corrected chi connectivity index (χ0v) is 6.76. The molecule has 0 aromatic carbocycles. The Balaban J connectivity index is 2.54. The highest BCUT2D eigenvalue weighted by atomic mass is 16.1. The maximum Gasteiger partial charge on any atom is 0.179 e. The SMILES string of the molecule is C=CC(=O)/C=C1/CC[C@H](C)N1. The first-order valence-corrected chi connectivity index (χ1v) is 3.86. The Morgan fingerprint density at radius 1 is 1.82 bits per heavy atom. The van der Waals surface area contributed by atoms with Crippen LogP contribution in [0, 0.1) is 0 Å². The van der Waals surface area contributed by atoms with Crippen LogP contribution in [0.5, 0.6) is 0 Å². The van der Waals surface area contributed by atoms with Crippen LogP contribution in [-0.2, 0) is 4.79 Å². The van der Waals surface area contributed by atoms with Crippen LogP contribution in [0.2, 0.25) is 0 Å². The van der Waals surface area contributed by atoms with E-state index in [1.54, 1.807) is 6.08 Å². The van der Waals surface area contributed by atoms with Crippen LogP contribution in [-0.4, -0.2) is 11.8 Å². The van der Waals surface area contributed by atoms with Crippen molar-refractivity contribution in [2.45, 2.75) is 25.8 Å². The average Bonchev–Trinajstić information content (AvgIpc) is 2.35. The van der Waals surface area contributed by atoms with Crippen LogP contribution in [0.1, 0.15) is 19.8 Å². The molecule has 1 aliphatic rings. The zero-order chi connectivity index (χ0) is 8.27. The lowest BCUT2D eigenvalue weighted by atomic mass is 10.2. The molecule has 60 valence electrons. The van der Waals surface area contributed by atoms with Crippen LogP contribution in [0.25, 0.3) is 0 Å². The van der Waals surface area contributed by atoms with Crippen LogP contribution in [0.15, 0.2) is 24.4 Å². The predicted molar refractivity (Wildman–Crippen MR) is 45.1 cm³/mol. The van der Waals surface area contributed by atoms with E-state index in [0.29, 0.717) is 6.04 Å². The second kappa shape index (κ2) is 3.37. The number of hydrogen-bond acceptors (Lipinski definition) is 2. The van der Waals surface area contributed by atoms with E-state index in [1.165, 1.54) is 6.08 Å². The molecule has 0 spiro atoms. The summed E-state index contributed by atoms with van der Waals surface area (Å²) in [6, 6.07) is 0.513. The summed E-state index contributed by atoms with van der Waals surface area (Å²) in [7, 11) is 0. The Hall–Kier alpha value is -1.05. The lowest BCUT2D eigenvalue weighted by Crippen LogP contribution is -2.15. The molecule has 2 heteroatoms. The Kier molecular flexibility index (Phi) is 2.47. The molecule has 0 saturated carbocycles. The van der Waals surface area contributed by atoms with E-state index in [1.807, 2.05) is 0 Å². The summed E-state index contributed by atoms with van der Waals surface area (Å²) in [5, 5.41) is 3.21. The number of nitrogens with one attached hydrogen (secondary N) is 1. The molecule has 1 aliphatic heterocycles. The summed E-state index contributed by atoms with van der Waals surface area (Å²) < 4.78 is 0. The molecule has 1 fully saturated rings. The molecule has 0 aromatic heterocycles. The number of carbonyl (C=O) groups excluding carboxylic acids is 1. The fourth-order valence-electron chi connectivity index (χ4n) is 1.18. The van der Waals surface area contributed by atoms with Gasteiger partial charge in [-0.1, -0.05) is 6.58 Å². The first-order chi connectivity index (χ1) is 5.22. The Morgan fingerprint density at radius 2 is 2.55 bits per heavy atom. The van der Waals surface area contributed by atoms with Gasteiger partial charge >= 0.3 is 0 Å². The molecule has 0 aromatic rings. The molecule has 0 radical (unpaired) electrons. The Labute approximate surface area is 67.0 Å². The molecule has 1 N–H and O–H groups in total. The lowest BCUT2D eigenvalue weighted by molar-refractivity contribution is -0.110. The average molecular weight is 151 g/mol. The minimum Gasteiger partial charge on any atom is -0.386 e. The van der Waals surface area contributed by atoms with E-state index in [9.17, 15) is 4.79 Å².